The van der Waals surface area contributed by atoms with E-state index in [1.165, 1.54) is 0 Å². The van der Waals surface area contributed by atoms with E-state index < -0.39 is 0 Å². The molecule has 0 aliphatic rings. The number of anilines is 1. The van der Waals surface area contributed by atoms with Crippen molar-refractivity contribution in [1.82, 2.24) is 14.6 Å². The quantitative estimate of drug-likeness (QED) is 0.672. The van der Waals surface area contributed by atoms with Crippen molar-refractivity contribution in [1.29, 1.82) is 0 Å². The molecule has 3 aromatic rings. The molecule has 0 bridgehead atoms. The van der Waals surface area contributed by atoms with Gasteiger partial charge in [0.15, 0.2) is 5.65 Å². The van der Waals surface area contributed by atoms with Crippen molar-refractivity contribution < 1.29 is 14.2 Å². The molecule has 7 heteroatoms. The van der Waals surface area contributed by atoms with Crippen LogP contribution in [0.3, 0.4) is 0 Å². The Bertz CT molecular complexity index is 832. The molecule has 0 saturated carbocycles. The average molecular weight is 328 g/mol. The second-order valence-electron chi connectivity index (χ2n) is 5.11. The molecular formula is C17H20N4O3. The number of nitrogens with zero attached hydrogens (tertiary/aromatic N) is 3. The van der Waals surface area contributed by atoms with Crippen LogP contribution < -0.4 is 14.8 Å². The number of rotatable bonds is 7. The monoisotopic (exact) mass is 328 g/mol. The number of aromatic nitrogens is 3. The van der Waals surface area contributed by atoms with Gasteiger partial charge in [-0.2, -0.15) is 9.61 Å². The van der Waals surface area contributed by atoms with Gasteiger partial charge in [-0.05, 0) is 18.2 Å². The van der Waals surface area contributed by atoms with Crippen LogP contribution in [0.5, 0.6) is 11.5 Å². The fourth-order valence-electron chi connectivity index (χ4n) is 2.52. The van der Waals surface area contributed by atoms with Crippen LogP contribution in [0.1, 0.15) is 0 Å². The summed E-state index contributed by atoms with van der Waals surface area (Å²) < 4.78 is 17.6. The number of benzene rings is 1. The zero-order valence-corrected chi connectivity index (χ0v) is 13.9. The van der Waals surface area contributed by atoms with Crippen molar-refractivity contribution in [2.24, 2.45) is 0 Å². The summed E-state index contributed by atoms with van der Waals surface area (Å²) in [6, 6.07) is 7.56. The van der Waals surface area contributed by atoms with Crippen LogP contribution >= 0.6 is 0 Å². The molecule has 0 spiro atoms. The molecule has 0 aliphatic heterocycles. The minimum Gasteiger partial charge on any atom is -0.497 e. The second kappa shape index (κ2) is 7.18. The molecule has 2 aromatic heterocycles. The summed E-state index contributed by atoms with van der Waals surface area (Å²) in [4.78, 5) is 4.47. The topological polar surface area (TPSA) is 69.9 Å². The van der Waals surface area contributed by atoms with E-state index in [0.29, 0.717) is 18.9 Å². The summed E-state index contributed by atoms with van der Waals surface area (Å²) in [6.07, 6.45) is 3.54. The normalized spacial score (nSPS) is 10.8. The molecule has 24 heavy (non-hydrogen) atoms. The SMILES string of the molecule is COCCNc1ccnc2c(-c3ccc(OC)cc3OC)cnn12. The highest BCUT2D eigenvalue weighted by Crippen LogP contribution is 2.35. The van der Waals surface area contributed by atoms with E-state index in [4.69, 9.17) is 14.2 Å². The van der Waals surface area contributed by atoms with Crippen molar-refractivity contribution in [3.63, 3.8) is 0 Å². The van der Waals surface area contributed by atoms with Gasteiger partial charge in [0.1, 0.15) is 17.3 Å². The van der Waals surface area contributed by atoms with Crippen molar-refractivity contribution in [3.8, 4) is 22.6 Å². The Morgan fingerprint density at radius 1 is 1.08 bits per heavy atom. The third kappa shape index (κ3) is 2.98. The second-order valence-corrected chi connectivity index (χ2v) is 5.11. The van der Waals surface area contributed by atoms with Gasteiger partial charge >= 0.3 is 0 Å². The Morgan fingerprint density at radius 3 is 2.71 bits per heavy atom. The van der Waals surface area contributed by atoms with Crippen LogP contribution in [-0.4, -0.2) is 49.1 Å². The van der Waals surface area contributed by atoms with Crippen molar-refractivity contribution in [2.75, 3.05) is 39.8 Å². The van der Waals surface area contributed by atoms with Crippen LogP contribution in [0.2, 0.25) is 0 Å². The third-order valence-corrected chi connectivity index (χ3v) is 3.71. The number of fused-ring (bicyclic) bond motifs is 1. The predicted molar refractivity (Wildman–Crippen MR) is 91.9 cm³/mol. The molecule has 7 nitrogen and oxygen atoms in total. The van der Waals surface area contributed by atoms with Gasteiger partial charge in [0, 0.05) is 31.5 Å². The lowest BCUT2D eigenvalue weighted by Crippen LogP contribution is -2.11. The number of methoxy groups -OCH3 is 3. The minimum atomic E-state index is 0.615. The summed E-state index contributed by atoms with van der Waals surface area (Å²) in [7, 11) is 4.93. The number of nitrogens with one attached hydrogen (secondary N) is 1. The Kier molecular flexibility index (Phi) is 4.81. The fourth-order valence-corrected chi connectivity index (χ4v) is 2.52. The van der Waals surface area contributed by atoms with Gasteiger partial charge < -0.3 is 19.5 Å². The summed E-state index contributed by atoms with van der Waals surface area (Å²) in [5.41, 5.74) is 2.56. The molecule has 0 amide bonds. The lowest BCUT2D eigenvalue weighted by molar-refractivity contribution is 0.210. The largest absolute Gasteiger partial charge is 0.497 e. The Labute approximate surface area is 140 Å². The van der Waals surface area contributed by atoms with Gasteiger partial charge in [-0.3, -0.25) is 0 Å². The van der Waals surface area contributed by atoms with Crippen LogP contribution in [0.25, 0.3) is 16.8 Å². The fraction of sp³-hybridized carbons (Fsp3) is 0.294. The Hall–Kier alpha value is -2.80. The van der Waals surface area contributed by atoms with Crippen molar-refractivity contribution in [3.05, 3.63) is 36.7 Å². The van der Waals surface area contributed by atoms with E-state index in [1.54, 1.807) is 38.2 Å². The lowest BCUT2D eigenvalue weighted by atomic mass is 10.1. The lowest BCUT2D eigenvalue weighted by Gasteiger charge is -2.10. The highest BCUT2D eigenvalue weighted by Gasteiger charge is 2.15. The summed E-state index contributed by atoms with van der Waals surface area (Å²) in [5, 5.41) is 7.74. The predicted octanol–water partition coefficient (Wildman–Crippen LogP) is 2.47. The number of hydrogen-bond acceptors (Lipinski definition) is 6. The molecule has 1 N–H and O–H groups in total. The molecule has 1 aromatic carbocycles. The first-order valence-corrected chi connectivity index (χ1v) is 7.56. The first-order chi connectivity index (χ1) is 11.8. The van der Waals surface area contributed by atoms with E-state index in [2.05, 4.69) is 15.4 Å². The maximum Gasteiger partial charge on any atom is 0.165 e. The third-order valence-electron chi connectivity index (χ3n) is 3.71. The van der Waals surface area contributed by atoms with Crippen LogP contribution in [0, 0.1) is 0 Å². The van der Waals surface area contributed by atoms with E-state index in [-0.39, 0.29) is 0 Å². The molecule has 3 rings (SSSR count). The molecule has 2 heterocycles. The molecule has 0 unspecified atom stereocenters. The van der Waals surface area contributed by atoms with Crippen molar-refractivity contribution >= 4 is 11.5 Å². The summed E-state index contributed by atoms with van der Waals surface area (Å²) in [5.74, 6) is 2.31. The molecule has 126 valence electrons. The van der Waals surface area contributed by atoms with Gasteiger partial charge in [-0.15, -0.1) is 0 Å². The maximum absolute atomic E-state index is 5.49. The standard InChI is InChI=1S/C17H20N4O3/c1-22-9-8-18-16-6-7-19-17-14(11-20-21(16)17)13-5-4-12(23-2)10-15(13)24-3/h4-7,10-11,18H,8-9H2,1-3H3. The smallest absolute Gasteiger partial charge is 0.165 e. The average Bonchev–Trinajstić information content (AvgIpc) is 3.06. The summed E-state index contributed by atoms with van der Waals surface area (Å²) in [6.45, 7) is 1.31. The molecule has 0 fully saturated rings. The van der Waals surface area contributed by atoms with Gasteiger partial charge in [-0.25, -0.2) is 4.98 Å². The van der Waals surface area contributed by atoms with E-state index in [9.17, 15) is 0 Å². The first-order valence-electron chi connectivity index (χ1n) is 7.56. The van der Waals surface area contributed by atoms with Crippen LogP contribution in [0.4, 0.5) is 5.82 Å². The van der Waals surface area contributed by atoms with Gasteiger partial charge in [0.25, 0.3) is 0 Å². The summed E-state index contributed by atoms with van der Waals surface area (Å²) >= 11 is 0. The highest BCUT2D eigenvalue weighted by molar-refractivity contribution is 5.82. The van der Waals surface area contributed by atoms with Crippen LogP contribution in [-0.2, 0) is 4.74 Å². The molecule has 0 radical (unpaired) electrons. The zero-order chi connectivity index (χ0) is 16.9. The molecule has 0 aliphatic carbocycles. The van der Waals surface area contributed by atoms with Gasteiger partial charge in [-0.1, -0.05) is 0 Å². The maximum atomic E-state index is 5.49. The number of hydrogen-bond donors (Lipinski definition) is 1. The minimum absolute atomic E-state index is 0.615. The Balaban J connectivity index is 2.03. The molecule has 0 atom stereocenters. The van der Waals surface area contributed by atoms with Gasteiger partial charge in [0.2, 0.25) is 0 Å². The zero-order valence-electron chi connectivity index (χ0n) is 13.9. The molecule has 0 saturated heterocycles. The van der Waals surface area contributed by atoms with Crippen LogP contribution in [0.15, 0.2) is 36.7 Å². The van der Waals surface area contributed by atoms with Crippen molar-refractivity contribution in [2.45, 2.75) is 0 Å². The number of ether oxygens (including phenoxy) is 3. The Morgan fingerprint density at radius 2 is 1.96 bits per heavy atom. The highest BCUT2D eigenvalue weighted by atomic mass is 16.5. The van der Waals surface area contributed by atoms with Gasteiger partial charge in [0.05, 0.1) is 32.6 Å². The molecular weight excluding hydrogens is 308 g/mol. The first kappa shape index (κ1) is 16.1. The van der Waals surface area contributed by atoms with E-state index in [0.717, 1.165) is 28.3 Å². The van der Waals surface area contributed by atoms with E-state index >= 15 is 0 Å². The van der Waals surface area contributed by atoms with E-state index in [1.807, 2.05) is 24.3 Å².